The SMILES string of the molecule is S.[Na+].[NaH].[SH-]. The molecular formula is H4Na2S2. The Kier molecular flexibility index (Phi) is 129. The van der Waals surface area contributed by atoms with E-state index in [0.29, 0.717) is 0 Å². The van der Waals surface area contributed by atoms with Gasteiger partial charge in [0.1, 0.15) is 0 Å². The van der Waals surface area contributed by atoms with Gasteiger partial charge in [-0.15, -0.1) is 0 Å². The van der Waals surface area contributed by atoms with Gasteiger partial charge in [-0.2, -0.15) is 13.5 Å². The molecule has 0 saturated carbocycles. The molecule has 0 rings (SSSR count). The van der Waals surface area contributed by atoms with E-state index in [9.17, 15) is 0 Å². The molecule has 0 amide bonds. The van der Waals surface area contributed by atoms with E-state index >= 15 is 0 Å². The molecule has 0 bridgehead atoms. The summed E-state index contributed by atoms with van der Waals surface area (Å²) in [6.45, 7) is 0. The fourth-order valence-electron chi connectivity index (χ4n) is 0. The van der Waals surface area contributed by atoms with Crippen molar-refractivity contribution < 1.29 is 29.6 Å². The van der Waals surface area contributed by atoms with Crippen molar-refractivity contribution in [1.82, 2.24) is 0 Å². The molecule has 0 aromatic heterocycles. The standard InChI is InChI=1S/2Na.2H2S.H/h;;2*1H2;/q;+1;;;/p-1. The topological polar surface area (TPSA) is 0 Å². The quantitative estimate of drug-likeness (QED) is 0.177. The first-order valence-electron chi connectivity index (χ1n) is 0. The maximum absolute atomic E-state index is 0. The Morgan fingerprint density at radius 2 is 1.00 bits per heavy atom. The first-order chi connectivity index (χ1) is 0. The van der Waals surface area contributed by atoms with Crippen LogP contribution in [-0.2, 0) is 13.5 Å². The maximum Gasteiger partial charge on any atom is -0.813 e. The van der Waals surface area contributed by atoms with Crippen molar-refractivity contribution in [2.75, 3.05) is 0 Å². The van der Waals surface area contributed by atoms with E-state index in [1.807, 2.05) is 0 Å². The molecule has 0 radical (unpaired) electrons. The normalized spacial score (nSPS) is 0. The zero-order valence-corrected chi connectivity index (χ0v) is 5.84. The van der Waals surface area contributed by atoms with Crippen LogP contribution >= 0.6 is 13.5 Å². The Bertz CT molecular complexity index is 4.00. The summed E-state index contributed by atoms with van der Waals surface area (Å²) in [5, 5.41) is 0. The first-order valence-corrected chi connectivity index (χ1v) is 0. The van der Waals surface area contributed by atoms with Gasteiger partial charge in [-0.25, -0.2) is 0 Å². The molecule has 0 atom stereocenters. The van der Waals surface area contributed by atoms with Crippen LogP contribution in [0.4, 0.5) is 0 Å². The number of rotatable bonds is 0. The van der Waals surface area contributed by atoms with Gasteiger partial charge in [0.05, 0.1) is 0 Å². The van der Waals surface area contributed by atoms with Crippen LogP contribution in [0.3, 0.4) is 0 Å². The smallest absolute Gasteiger partial charge is 0.813 e. The van der Waals surface area contributed by atoms with E-state index in [0.717, 1.165) is 0 Å². The molecule has 0 aromatic rings. The predicted molar refractivity (Wildman–Crippen MR) is 26.3 cm³/mol. The number of hydrogen-bond acceptors (Lipinski definition) is 1. The first kappa shape index (κ1) is 29.9. The van der Waals surface area contributed by atoms with Crippen LogP contribution in [0.2, 0.25) is 0 Å². The molecule has 4 heavy (non-hydrogen) atoms. The molecule has 0 fully saturated rings. The van der Waals surface area contributed by atoms with Crippen molar-refractivity contribution in [2.24, 2.45) is 0 Å². The van der Waals surface area contributed by atoms with Crippen molar-refractivity contribution in [3.8, 4) is 0 Å². The van der Waals surface area contributed by atoms with Gasteiger partial charge < -0.3 is 13.5 Å². The summed E-state index contributed by atoms with van der Waals surface area (Å²) in [6, 6.07) is 0. The second-order valence-corrected chi connectivity index (χ2v) is 0. The molecule has 0 spiro atoms. The predicted octanol–water partition coefficient (Wildman–Crippen LogP) is -3.80. The van der Waals surface area contributed by atoms with E-state index in [2.05, 4.69) is 0 Å². The minimum Gasteiger partial charge on any atom is -0.813 e. The Hall–Kier alpha value is 2.70. The Balaban J connectivity index is 0. The summed E-state index contributed by atoms with van der Waals surface area (Å²) in [6.07, 6.45) is 0. The molecular weight excluding hydrogens is 110 g/mol. The third-order valence-corrected chi connectivity index (χ3v) is 0. The van der Waals surface area contributed by atoms with Crippen LogP contribution in [0.5, 0.6) is 0 Å². The number of hydrogen-bond donors (Lipinski definition) is 0. The summed E-state index contributed by atoms with van der Waals surface area (Å²) < 4.78 is 0. The van der Waals surface area contributed by atoms with Crippen molar-refractivity contribution in [3.05, 3.63) is 0 Å². The fourth-order valence-corrected chi connectivity index (χ4v) is 0. The van der Waals surface area contributed by atoms with Gasteiger partial charge in [-0.1, -0.05) is 0 Å². The average Bonchev–Trinajstić information content (AvgIpc) is 0. The van der Waals surface area contributed by atoms with Gasteiger partial charge >= 0.3 is 59.1 Å². The Morgan fingerprint density at radius 1 is 1.00 bits per heavy atom. The summed E-state index contributed by atoms with van der Waals surface area (Å²) in [5.74, 6) is 0. The molecule has 0 aliphatic carbocycles. The van der Waals surface area contributed by atoms with Gasteiger partial charge in [0, 0.05) is 0 Å². The number of thiol groups is 1. The zero-order chi connectivity index (χ0) is 0. The summed E-state index contributed by atoms with van der Waals surface area (Å²) in [4.78, 5) is 0. The molecule has 0 saturated heterocycles. The third kappa shape index (κ3) is 8.83. The summed E-state index contributed by atoms with van der Waals surface area (Å²) in [7, 11) is 0. The van der Waals surface area contributed by atoms with E-state index in [4.69, 9.17) is 0 Å². The van der Waals surface area contributed by atoms with Gasteiger partial charge in [-0.3, -0.25) is 0 Å². The van der Waals surface area contributed by atoms with Gasteiger partial charge in [0.15, 0.2) is 0 Å². The maximum atomic E-state index is 0. The second kappa shape index (κ2) is 17.3. The van der Waals surface area contributed by atoms with E-state index in [1.165, 1.54) is 0 Å². The van der Waals surface area contributed by atoms with Crippen LogP contribution in [0.15, 0.2) is 0 Å². The minimum atomic E-state index is 0. The molecule has 0 aliphatic rings. The zero-order valence-electron chi connectivity index (χ0n) is 1.95. The molecule has 0 aromatic carbocycles. The van der Waals surface area contributed by atoms with Crippen molar-refractivity contribution in [2.45, 2.75) is 0 Å². The van der Waals surface area contributed by atoms with E-state index in [1.54, 1.807) is 0 Å². The van der Waals surface area contributed by atoms with Crippen molar-refractivity contribution >= 4 is 56.5 Å². The van der Waals surface area contributed by atoms with Crippen LogP contribution in [-0.4, -0.2) is 29.6 Å². The summed E-state index contributed by atoms with van der Waals surface area (Å²) in [5.41, 5.74) is 0. The molecule has 18 valence electrons. The van der Waals surface area contributed by atoms with Crippen LogP contribution < -0.4 is 29.6 Å². The van der Waals surface area contributed by atoms with E-state index < -0.39 is 0 Å². The average molecular weight is 114 g/mol. The molecule has 0 N–H and O–H groups in total. The monoisotopic (exact) mass is 114 g/mol. The molecule has 0 heterocycles. The third-order valence-electron chi connectivity index (χ3n) is 0. The van der Waals surface area contributed by atoms with Crippen LogP contribution in [0, 0.1) is 0 Å². The van der Waals surface area contributed by atoms with Crippen molar-refractivity contribution in [3.63, 3.8) is 0 Å². The summed E-state index contributed by atoms with van der Waals surface area (Å²) >= 11 is 0. The van der Waals surface area contributed by atoms with Crippen LogP contribution in [0.1, 0.15) is 0 Å². The fraction of sp³-hybridized carbons (Fsp3) is 0. The van der Waals surface area contributed by atoms with Crippen molar-refractivity contribution in [1.29, 1.82) is 0 Å². The molecule has 0 aliphatic heterocycles. The molecule has 4 heteroatoms. The molecule has 0 nitrogen and oxygen atoms in total. The Morgan fingerprint density at radius 3 is 1.00 bits per heavy atom. The minimum absolute atomic E-state index is 0. The van der Waals surface area contributed by atoms with Gasteiger partial charge in [0.25, 0.3) is 0 Å². The molecule has 0 unspecified atom stereocenters. The van der Waals surface area contributed by atoms with Gasteiger partial charge in [0.2, 0.25) is 0 Å². The van der Waals surface area contributed by atoms with Crippen LogP contribution in [0.25, 0.3) is 0 Å². The largest absolute Gasteiger partial charge is 0.813 e. The second-order valence-electron chi connectivity index (χ2n) is 0. The van der Waals surface area contributed by atoms with E-state index in [-0.39, 0.29) is 86.1 Å². The van der Waals surface area contributed by atoms with Gasteiger partial charge in [-0.05, 0) is 0 Å². The Labute approximate surface area is 84.6 Å².